The predicted molar refractivity (Wildman–Crippen MR) is 162 cm³/mol. The Hall–Kier alpha value is -2.88. The lowest BCUT2D eigenvalue weighted by Crippen LogP contribution is -2.52. The van der Waals surface area contributed by atoms with Crippen LogP contribution in [0.5, 0.6) is 0 Å². The maximum Gasteiger partial charge on any atom is 0.264 e. The number of carbonyl (C=O) groups excluding carboxylic acids is 2. The van der Waals surface area contributed by atoms with Gasteiger partial charge in [-0.2, -0.15) is 0 Å². The van der Waals surface area contributed by atoms with Crippen molar-refractivity contribution in [2.24, 2.45) is 0 Å². The molecule has 2 amide bonds. The first-order valence-corrected chi connectivity index (χ1v) is 15.8. The van der Waals surface area contributed by atoms with E-state index < -0.39 is 28.5 Å². The van der Waals surface area contributed by atoms with Crippen LogP contribution >= 0.6 is 27.5 Å². The molecular formula is C30H33BrClN3O4S. The first-order chi connectivity index (χ1) is 19.0. The molecular weight excluding hydrogens is 614 g/mol. The molecule has 10 heteroatoms. The number of nitrogens with zero attached hydrogens (tertiary/aromatic N) is 2. The van der Waals surface area contributed by atoms with Crippen molar-refractivity contribution in [1.82, 2.24) is 10.2 Å². The lowest BCUT2D eigenvalue weighted by Gasteiger charge is -2.32. The molecule has 0 radical (unpaired) electrons. The van der Waals surface area contributed by atoms with Crippen molar-refractivity contribution < 1.29 is 18.0 Å². The molecule has 4 rings (SSSR count). The summed E-state index contributed by atoms with van der Waals surface area (Å²) in [5.41, 5.74) is 1.97. The summed E-state index contributed by atoms with van der Waals surface area (Å²) in [6.45, 7) is 3.17. The van der Waals surface area contributed by atoms with Crippen LogP contribution in [-0.2, 0) is 26.2 Å². The monoisotopic (exact) mass is 645 g/mol. The molecule has 0 saturated heterocycles. The second kappa shape index (κ2) is 13.2. The maximum absolute atomic E-state index is 14.0. The summed E-state index contributed by atoms with van der Waals surface area (Å²) in [7, 11) is -4.14. The highest BCUT2D eigenvalue weighted by molar-refractivity contribution is 9.10. The molecule has 0 aromatic heterocycles. The fraction of sp³-hybridized carbons (Fsp3) is 0.333. The van der Waals surface area contributed by atoms with Crippen LogP contribution in [0.25, 0.3) is 0 Å². The van der Waals surface area contributed by atoms with Crippen LogP contribution < -0.4 is 9.62 Å². The minimum Gasteiger partial charge on any atom is -0.352 e. The number of halogens is 2. The number of sulfonamides is 1. The highest BCUT2D eigenvalue weighted by Crippen LogP contribution is 2.27. The van der Waals surface area contributed by atoms with Gasteiger partial charge in [0.15, 0.2) is 0 Å². The molecule has 1 atom stereocenters. The molecule has 212 valence electrons. The second-order valence-electron chi connectivity index (χ2n) is 10.1. The van der Waals surface area contributed by atoms with Gasteiger partial charge in [0.25, 0.3) is 10.0 Å². The van der Waals surface area contributed by atoms with E-state index in [1.54, 1.807) is 37.3 Å². The number of hydrogen-bond donors (Lipinski definition) is 1. The Kier molecular flexibility index (Phi) is 9.92. The van der Waals surface area contributed by atoms with Crippen LogP contribution in [-0.4, -0.2) is 43.8 Å². The summed E-state index contributed by atoms with van der Waals surface area (Å²) in [4.78, 5) is 28.8. The number of rotatable bonds is 10. The Labute approximate surface area is 249 Å². The molecule has 1 N–H and O–H groups in total. The van der Waals surface area contributed by atoms with Gasteiger partial charge in [-0.15, -0.1) is 0 Å². The third-order valence-corrected chi connectivity index (χ3v) is 9.61. The first-order valence-electron chi connectivity index (χ1n) is 13.2. The Morgan fingerprint density at radius 3 is 2.35 bits per heavy atom. The van der Waals surface area contributed by atoms with Crippen LogP contribution in [0.2, 0.25) is 5.02 Å². The molecule has 3 aromatic rings. The van der Waals surface area contributed by atoms with Crippen LogP contribution in [0.4, 0.5) is 5.69 Å². The van der Waals surface area contributed by atoms with Gasteiger partial charge >= 0.3 is 0 Å². The number of anilines is 1. The second-order valence-corrected chi connectivity index (χ2v) is 13.3. The molecule has 0 bridgehead atoms. The standard InChI is InChI=1S/C30H33BrClN3O4S/c1-21-13-15-28(16-14-21)40(38,39)35(27-12-6-9-25(32)18-27)20-29(36)34(19-23-7-5-8-24(31)17-23)22(2)30(37)33-26-10-3-4-11-26/h5-9,12-18,22,26H,3-4,10-11,19-20H2,1-2H3,(H,33,37). The van der Waals surface area contributed by atoms with E-state index in [0.717, 1.165) is 45.6 Å². The molecule has 1 saturated carbocycles. The Morgan fingerprint density at radius 1 is 1.02 bits per heavy atom. The van der Waals surface area contributed by atoms with Gasteiger partial charge in [0.1, 0.15) is 12.6 Å². The fourth-order valence-corrected chi connectivity index (χ4v) is 6.84. The summed E-state index contributed by atoms with van der Waals surface area (Å²) in [5.74, 6) is -0.768. The van der Waals surface area contributed by atoms with Crippen molar-refractivity contribution in [1.29, 1.82) is 0 Å². The van der Waals surface area contributed by atoms with Gasteiger partial charge in [-0.3, -0.25) is 13.9 Å². The van der Waals surface area contributed by atoms with Gasteiger partial charge in [-0.25, -0.2) is 8.42 Å². The van der Waals surface area contributed by atoms with E-state index in [2.05, 4.69) is 21.2 Å². The van der Waals surface area contributed by atoms with Crippen molar-refractivity contribution in [3.8, 4) is 0 Å². The van der Waals surface area contributed by atoms with E-state index in [0.29, 0.717) is 5.02 Å². The zero-order valence-electron chi connectivity index (χ0n) is 22.5. The van der Waals surface area contributed by atoms with Crippen molar-refractivity contribution >= 4 is 55.1 Å². The highest BCUT2D eigenvalue weighted by Gasteiger charge is 2.33. The molecule has 3 aromatic carbocycles. The predicted octanol–water partition coefficient (Wildman–Crippen LogP) is 6.08. The topological polar surface area (TPSA) is 86.8 Å². The molecule has 1 aliphatic rings. The third-order valence-electron chi connectivity index (χ3n) is 7.09. The number of nitrogens with one attached hydrogen (secondary N) is 1. The Morgan fingerprint density at radius 2 is 1.70 bits per heavy atom. The lowest BCUT2D eigenvalue weighted by atomic mass is 10.1. The smallest absolute Gasteiger partial charge is 0.264 e. The van der Waals surface area contributed by atoms with Gasteiger partial charge in [0.2, 0.25) is 11.8 Å². The molecule has 7 nitrogen and oxygen atoms in total. The van der Waals surface area contributed by atoms with E-state index in [9.17, 15) is 18.0 Å². The molecule has 1 unspecified atom stereocenters. The number of amides is 2. The van der Waals surface area contributed by atoms with E-state index in [4.69, 9.17) is 11.6 Å². The van der Waals surface area contributed by atoms with Crippen molar-refractivity contribution in [3.63, 3.8) is 0 Å². The Balaban J connectivity index is 1.69. The molecule has 1 fully saturated rings. The largest absolute Gasteiger partial charge is 0.352 e. The summed E-state index contributed by atoms with van der Waals surface area (Å²) in [5, 5.41) is 3.41. The van der Waals surface area contributed by atoms with Gasteiger partial charge in [-0.1, -0.05) is 76.3 Å². The molecule has 0 heterocycles. The van der Waals surface area contributed by atoms with E-state index >= 15 is 0 Å². The molecule has 0 aliphatic heterocycles. The lowest BCUT2D eigenvalue weighted by molar-refractivity contribution is -0.139. The Bertz CT molecular complexity index is 1460. The van der Waals surface area contributed by atoms with E-state index in [-0.39, 0.29) is 29.1 Å². The number of aryl methyl sites for hydroxylation is 1. The van der Waals surface area contributed by atoms with Crippen LogP contribution in [0.3, 0.4) is 0 Å². The van der Waals surface area contributed by atoms with Gasteiger partial charge < -0.3 is 10.2 Å². The summed E-state index contributed by atoms with van der Waals surface area (Å²) < 4.78 is 29.6. The van der Waals surface area contributed by atoms with Gasteiger partial charge in [0.05, 0.1) is 10.6 Å². The molecule has 1 aliphatic carbocycles. The summed E-state index contributed by atoms with van der Waals surface area (Å²) in [6.07, 6.45) is 3.95. The van der Waals surface area contributed by atoms with Gasteiger partial charge in [0, 0.05) is 22.1 Å². The third kappa shape index (κ3) is 7.44. The summed E-state index contributed by atoms with van der Waals surface area (Å²) >= 11 is 9.69. The van der Waals surface area contributed by atoms with E-state index in [1.807, 2.05) is 31.2 Å². The van der Waals surface area contributed by atoms with Crippen LogP contribution in [0.1, 0.15) is 43.7 Å². The van der Waals surface area contributed by atoms with Crippen molar-refractivity contribution in [2.45, 2.75) is 63.1 Å². The van der Waals surface area contributed by atoms with Crippen LogP contribution in [0.15, 0.2) is 82.2 Å². The SMILES string of the molecule is Cc1ccc(S(=O)(=O)N(CC(=O)N(Cc2cccc(Br)c2)C(C)C(=O)NC2CCCC2)c2cccc(Cl)c2)cc1. The van der Waals surface area contributed by atoms with Crippen molar-refractivity contribution in [3.05, 3.63) is 93.4 Å². The van der Waals surface area contributed by atoms with Gasteiger partial charge in [-0.05, 0) is 74.7 Å². The minimum absolute atomic E-state index is 0.0523. The van der Waals surface area contributed by atoms with Crippen LogP contribution in [0, 0.1) is 6.92 Å². The average molecular weight is 647 g/mol. The number of benzene rings is 3. The number of hydrogen-bond acceptors (Lipinski definition) is 4. The zero-order chi connectivity index (χ0) is 28.9. The van der Waals surface area contributed by atoms with Crippen molar-refractivity contribution in [2.75, 3.05) is 10.8 Å². The molecule has 40 heavy (non-hydrogen) atoms. The maximum atomic E-state index is 14.0. The fourth-order valence-electron chi connectivity index (χ4n) is 4.80. The highest BCUT2D eigenvalue weighted by atomic mass is 79.9. The first kappa shape index (κ1) is 30.1. The normalized spacial score (nSPS) is 14.5. The quantitative estimate of drug-likeness (QED) is 0.289. The minimum atomic E-state index is -4.14. The number of carbonyl (C=O) groups is 2. The zero-order valence-corrected chi connectivity index (χ0v) is 25.7. The van der Waals surface area contributed by atoms with E-state index in [1.165, 1.54) is 23.1 Å². The average Bonchev–Trinajstić information content (AvgIpc) is 3.43. The molecule has 0 spiro atoms. The summed E-state index contributed by atoms with van der Waals surface area (Å²) in [6, 6.07) is 19.6.